The lowest BCUT2D eigenvalue weighted by atomic mass is 9.87. The van der Waals surface area contributed by atoms with Gasteiger partial charge in [0.1, 0.15) is 17.2 Å². The second kappa shape index (κ2) is 6.03. The third kappa shape index (κ3) is 3.36. The van der Waals surface area contributed by atoms with E-state index in [2.05, 4.69) is 10.3 Å². The van der Waals surface area contributed by atoms with Crippen LogP contribution in [0.4, 0.5) is 8.78 Å². The molecule has 5 nitrogen and oxygen atoms in total. The van der Waals surface area contributed by atoms with E-state index in [1.165, 1.54) is 29.1 Å². The van der Waals surface area contributed by atoms with Crippen molar-refractivity contribution >= 4 is 13.2 Å². The maximum absolute atomic E-state index is 14.5. The highest BCUT2D eigenvalue weighted by molar-refractivity contribution is 6.54. The van der Waals surface area contributed by atoms with E-state index in [1.54, 1.807) is 6.07 Å². The highest BCUT2D eigenvalue weighted by Crippen LogP contribution is 2.39. The summed E-state index contributed by atoms with van der Waals surface area (Å²) in [7, 11) is -1.09. The van der Waals surface area contributed by atoms with Crippen LogP contribution in [0.2, 0.25) is 0 Å². The number of aromatic nitrogens is 3. The van der Waals surface area contributed by atoms with E-state index in [4.69, 9.17) is 9.31 Å². The summed E-state index contributed by atoms with van der Waals surface area (Å²) in [6, 6.07) is 4.36. The number of hydrogen-bond acceptors (Lipinski definition) is 4. The number of benzene rings is 1. The van der Waals surface area contributed by atoms with Gasteiger partial charge in [-0.25, -0.2) is 13.5 Å². The highest BCUT2D eigenvalue weighted by atomic mass is 19.1. The van der Waals surface area contributed by atoms with Gasteiger partial charge in [-0.2, -0.15) is 0 Å². The predicted octanol–water partition coefficient (Wildman–Crippen LogP) is 3.66. The van der Waals surface area contributed by atoms with Gasteiger partial charge in [0.25, 0.3) is 0 Å². The standard InChI is InChI=1S/C17H20BF2N3O2/c1-11-6-7-12(19)8-14(11)23-10-13(21-22-23)9-15(20)18-24-16(2,3)17(4,5)25-18/h6-10H,1-5H3. The molecule has 1 saturated heterocycles. The molecule has 1 fully saturated rings. The maximum Gasteiger partial charge on any atom is 0.525 e. The Balaban J connectivity index is 1.84. The quantitative estimate of drug-likeness (QED) is 0.796. The zero-order valence-corrected chi connectivity index (χ0v) is 14.9. The first-order valence-electron chi connectivity index (χ1n) is 8.01. The van der Waals surface area contributed by atoms with Crippen LogP contribution in [-0.4, -0.2) is 33.3 Å². The number of aryl methyl sites for hydroxylation is 1. The molecule has 0 N–H and O–H groups in total. The summed E-state index contributed by atoms with van der Waals surface area (Å²) in [5, 5.41) is 7.84. The van der Waals surface area contributed by atoms with Crippen LogP contribution in [0.15, 0.2) is 30.1 Å². The van der Waals surface area contributed by atoms with Crippen LogP contribution in [0.25, 0.3) is 11.8 Å². The monoisotopic (exact) mass is 347 g/mol. The van der Waals surface area contributed by atoms with Crippen LogP contribution in [0, 0.1) is 12.7 Å². The van der Waals surface area contributed by atoms with Crippen molar-refractivity contribution < 1.29 is 18.1 Å². The van der Waals surface area contributed by atoms with Crippen molar-refractivity contribution in [1.29, 1.82) is 0 Å². The molecule has 1 aromatic heterocycles. The minimum atomic E-state index is -1.09. The lowest BCUT2D eigenvalue weighted by Crippen LogP contribution is -2.41. The Labute approximate surface area is 145 Å². The third-order valence-electron chi connectivity index (χ3n) is 4.69. The SMILES string of the molecule is Cc1ccc(F)cc1-n1cc(C=C(F)B2OC(C)(C)C(C)(C)O2)nn1. The Bertz CT molecular complexity index is 817. The summed E-state index contributed by atoms with van der Waals surface area (Å²) in [6.45, 7) is 9.23. The van der Waals surface area contributed by atoms with Crippen molar-refractivity contribution in [3.05, 3.63) is 47.2 Å². The molecule has 0 saturated carbocycles. The van der Waals surface area contributed by atoms with Crippen LogP contribution in [0.3, 0.4) is 0 Å². The normalized spacial score (nSPS) is 19.5. The van der Waals surface area contributed by atoms with Gasteiger partial charge >= 0.3 is 7.12 Å². The molecular weight excluding hydrogens is 327 g/mol. The molecule has 1 aromatic carbocycles. The third-order valence-corrected chi connectivity index (χ3v) is 4.69. The van der Waals surface area contributed by atoms with Crippen LogP contribution < -0.4 is 0 Å². The van der Waals surface area contributed by atoms with Gasteiger partial charge in [-0.05, 0) is 58.4 Å². The van der Waals surface area contributed by atoms with Gasteiger partial charge in [-0.15, -0.1) is 5.10 Å². The summed E-state index contributed by atoms with van der Waals surface area (Å²) in [5.41, 5.74) is -0.188. The fourth-order valence-corrected chi connectivity index (χ4v) is 2.45. The van der Waals surface area contributed by atoms with Crippen molar-refractivity contribution in [2.45, 2.75) is 45.8 Å². The molecule has 0 spiro atoms. The average molecular weight is 347 g/mol. The Morgan fingerprint density at radius 3 is 2.48 bits per heavy atom. The maximum atomic E-state index is 14.5. The predicted molar refractivity (Wildman–Crippen MR) is 91.2 cm³/mol. The zero-order chi connectivity index (χ0) is 18.4. The number of nitrogens with zero attached hydrogens (tertiary/aromatic N) is 3. The zero-order valence-electron chi connectivity index (χ0n) is 14.9. The molecule has 0 aliphatic carbocycles. The van der Waals surface area contributed by atoms with Crippen LogP contribution >= 0.6 is 0 Å². The lowest BCUT2D eigenvalue weighted by Gasteiger charge is -2.32. The van der Waals surface area contributed by atoms with Gasteiger partial charge in [0.05, 0.1) is 23.1 Å². The molecular formula is C17H20BF2N3O2. The van der Waals surface area contributed by atoms with Crippen LogP contribution in [-0.2, 0) is 9.31 Å². The largest absolute Gasteiger partial charge is 0.525 e. The second-order valence-electron chi connectivity index (χ2n) is 7.14. The van der Waals surface area contributed by atoms with Gasteiger partial charge in [-0.1, -0.05) is 11.3 Å². The number of rotatable bonds is 3. The Morgan fingerprint density at radius 1 is 1.20 bits per heavy atom. The fraction of sp³-hybridized carbons (Fsp3) is 0.412. The molecule has 0 atom stereocenters. The Hall–Kier alpha value is -2.06. The Morgan fingerprint density at radius 2 is 1.84 bits per heavy atom. The van der Waals surface area contributed by atoms with Crippen molar-refractivity contribution in [2.75, 3.05) is 0 Å². The van der Waals surface area contributed by atoms with Crippen molar-refractivity contribution in [3.63, 3.8) is 0 Å². The first-order chi connectivity index (χ1) is 11.6. The van der Waals surface area contributed by atoms with E-state index in [9.17, 15) is 8.78 Å². The number of halogens is 2. The molecule has 2 aromatic rings. The van der Waals surface area contributed by atoms with Gasteiger partial charge in [0.2, 0.25) is 0 Å². The summed E-state index contributed by atoms with van der Waals surface area (Å²) >= 11 is 0. The fourth-order valence-electron chi connectivity index (χ4n) is 2.45. The van der Waals surface area contributed by atoms with E-state index in [0.29, 0.717) is 5.69 Å². The molecule has 0 unspecified atom stereocenters. The van der Waals surface area contributed by atoms with Gasteiger partial charge < -0.3 is 9.31 Å². The van der Waals surface area contributed by atoms with E-state index in [0.717, 1.165) is 5.56 Å². The lowest BCUT2D eigenvalue weighted by molar-refractivity contribution is 0.00578. The van der Waals surface area contributed by atoms with Gasteiger partial charge in [0.15, 0.2) is 0 Å². The van der Waals surface area contributed by atoms with E-state index >= 15 is 0 Å². The topological polar surface area (TPSA) is 49.2 Å². The first-order valence-corrected chi connectivity index (χ1v) is 8.01. The average Bonchev–Trinajstić information content (AvgIpc) is 3.04. The van der Waals surface area contributed by atoms with E-state index in [1.807, 2.05) is 34.6 Å². The van der Waals surface area contributed by atoms with E-state index < -0.39 is 24.0 Å². The highest BCUT2D eigenvalue weighted by Gasteiger charge is 2.53. The van der Waals surface area contributed by atoms with Crippen molar-refractivity contribution in [2.24, 2.45) is 0 Å². The van der Waals surface area contributed by atoms with E-state index in [-0.39, 0.29) is 11.5 Å². The summed E-state index contributed by atoms with van der Waals surface area (Å²) in [6.07, 6.45) is 2.73. The second-order valence-corrected chi connectivity index (χ2v) is 7.14. The first kappa shape index (κ1) is 17.8. The summed E-state index contributed by atoms with van der Waals surface area (Å²) < 4.78 is 40.7. The molecule has 2 heterocycles. The van der Waals surface area contributed by atoms with Gasteiger partial charge in [-0.3, -0.25) is 0 Å². The molecule has 3 rings (SSSR count). The molecule has 1 aliphatic heterocycles. The van der Waals surface area contributed by atoms with Crippen molar-refractivity contribution in [3.8, 4) is 5.69 Å². The molecule has 0 amide bonds. The smallest absolute Gasteiger partial charge is 0.398 e. The van der Waals surface area contributed by atoms with Crippen molar-refractivity contribution in [1.82, 2.24) is 15.0 Å². The molecule has 8 heteroatoms. The summed E-state index contributed by atoms with van der Waals surface area (Å²) in [4.78, 5) is 0. The van der Waals surface area contributed by atoms with Gasteiger partial charge in [0, 0.05) is 0 Å². The number of hydrogen-bond donors (Lipinski definition) is 0. The molecule has 25 heavy (non-hydrogen) atoms. The molecule has 1 aliphatic rings. The summed E-state index contributed by atoms with van der Waals surface area (Å²) in [5.74, 6) is -0.378. The van der Waals surface area contributed by atoms with Crippen LogP contribution in [0.1, 0.15) is 39.0 Å². The van der Waals surface area contributed by atoms with Crippen LogP contribution in [0.5, 0.6) is 0 Å². The molecule has 0 radical (unpaired) electrons. The minimum absolute atomic E-state index is 0.288. The Kier molecular flexibility index (Phi) is 4.29. The molecule has 0 bridgehead atoms. The minimum Gasteiger partial charge on any atom is -0.398 e. The molecule has 132 valence electrons.